The molecule has 1 heterocycles. The van der Waals surface area contributed by atoms with Crippen molar-refractivity contribution in [2.75, 3.05) is 5.73 Å². The molecule has 0 bridgehead atoms. The van der Waals surface area contributed by atoms with Gasteiger partial charge in [-0.05, 0) is 36.2 Å². The molecule has 0 atom stereocenters. The van der Waals surface area contributed by atoms with Gasteiger partial charge in [-0.1, -0.05) is 42.5 Å². The van der Waals surface area contributed by atoms with Crippen molar-refractivity contribution in [1.29, 1.82) is 0 Å². The van der Waals surface area contributed by atoms with Crippen LogP contribution in [0.2, 0.25) is 0 Å². The van der Waals surface area contributed by atoms with Crippen molar-refractivity contribution < 1.29 is 9.52 Å². The number of aryl methyl sites for hydroxylation is 1. The van der Waals surface area contributed by atoms with Crippen molar-refractivity contribution in [3.05, 3.63) is 77.4 Å². The fraction of sp³-hybridized carbons (Fsp3) is 0.0952. The number of hydrogen-bond donors (Lipinski definition) is 2. The van der Waals surface area contributed by atoms with E-state index in [9.17, 15) is 5.11 Å². The fourth-order valence-electron chi connectivity index (χ4n) is 3.05. The van der Waals surface area contributed by atoms with E-state index >= 15 is 0 Å². The maximum atomic E-state index is 10.3. The highest BCUT2D eigenvalue weighted by Gasteiger charge is 2.16. The molecule has 1 aromatic heterocycles. The number of aromatic hydroxyl groups is 1. The number of nitrogens with two attached hydrogens (primary N) is 1. The van der Waals surface area contributed by atoms with E-state index in [1.807, 2.05) is 36.4 Å². The molecule has 25 heavy (non-hydrogen) atoms. The molecule has 0 aliphatic rings. The average Bonchev–Trinajstić information content (AvgIpc) is 3.04. The Kier molecular flexibility index (Phi) is 3.65. The second kappa shape index (κ2) is 5.98. The second-order valence-corrected chi connectivity index (χ2v) is 6.18. The Bertz CT molecular complexity index is 1050. The van der Waals surface area contributed by atoms with Gasteiger partial charge in [0.25, 0.3) is 0 Å². The molecule has 3 N–H and O–H groups in total. The molecule has 0 fully saturated rings. The van der Waals surface area contributed by atoms with E-state index in [-0.39, 0.29) is 5.75 Å². The number of fused-ring (bicyclic) bond motifs is 1. The van der Waals surface area contributed by atoms with Crippen molar-refractivity contribution in [2.45, 2.75) is 13.3 Å². The first-order chi connectivity index (χ1) is 12.1. The molecule has 0 aliphatic heterocycles. The second-order valence-electron chi connectivity index (χ2n) is 6.18. The number of anilines is 1. The minimum atomic E-state index is 0.144. The molecule has 0 spiro atoms. The summed E-state index contributed by atoms with van der Waals surface area (Å²) in [4.78, 5) is 4.55. The number of para-hydroxylation sites is 1. The number of rotatable bonds is 3. The largest absolute Gasteiger partial charge is 0.507 e. The maximum Gasteiger partial charge on any atom is 0.231 e. The number of oxazole rings is 1. The first-order valence-electron chi connectivity index (χ1n) is 8.13. The third-order valence-corrected chi connectivity index (χ3v) is 4.29. The molecule has 0 amide bonds. The van der Waals surface area contributed by atoms with Crippen molar-refractivity contribution in [3.63, 3.8) is 0 Å². The van der Waals surface area contributed by atoms with Gasteiger partial charge >= 0.3 is 0 Å². The summed E-state index contributed by atoms with van der Waals surface area (Å²) in [5.41, 5.74) is 11.5. The van der Waals surface area contributed by atoms with Gasteiger partial charge in [-0.3, -0.25) is 0 Å². The lowest BCUT2D eigenvalue weighted by atomic mass is 10.0. The molecule has 4 heteroatoms. The number of nitrogens with zero attached hydrogens (tertiary/aromatic N) is 1. The van der Waals surface area contributed by atoms with Gasteiger partial charge in [0.15, 0.2) is 5.58 Å². The first kappa shape index (κ1) is 15.3. The SMILES string of the molecule is Cc1cc(N)cc(-c2nc3cccc(Cc4ccccc4)c3o2)c1O. The van der Waals surface area contributed by atoms with Gasteiger partial charge in [0.2, 0.25) is 5.89 Å². The molecule has 0 saturated heterocycles. The van der Waals surface area contributed by atoms with E-state index in [0.29, 0.717) is 22.7 Å². The number of benzene rings is 3. The molecular formula is C21H18N2O2. The summed E-state index contributed by atoms with van der Waals surface area (Å²) in [5.74, 6) is 0.522. The molecule has 4 aromatic rings. The molecule has 124 valence electrons. The van der Waals surface area contributed by atoms with Crippen LogP contribution in [0.4, 0.5) is 5.69 Å². The van der Waals surface area contributed by atoms with Crippen molar-refractivity contribution >= 4 is 16.8 Å². The Morgan fingerprint density at radius 1 is 1.04 bits per heavy atom. The van der Waals surface area contributed by atoms with Crippen LogP contribution in [0, 0.1) is 6.92 Å². The molecular weight excluding hydrogens is 312 g/mol. The van der Waals surface area contributed by atoms with Crippen molar-refractivity contribution in [3.8, 4) is 17.2 Å². The lowest BCUT2D eigenvalue weighted by Crippen LogP contribution is -1.89. The van der Waals surface area contributed by atoms with Gasteiger partial charge in [-0.15, -0.1) is 0 Å². The van der Waals surface area contributed by atoms with Crippen LogP contribution in [0.1, 0.15) is 16.7 Å². The van der Waals surface area contributed by atoms with Gasteiger partial charge in [-0.25, -0.2) is 4.98 Å². The van der Waals surface area contributed by atoms with E-state index in [4.69, 9.17) is 10.2 Å². The van der Waals surface area contributed by atoms with Crippen LogP contribution >= 0.6 is 0 Å². The Morgan fingerprint density at radius 2 is 1.84 bits per heavy atom. The zero-order valence-electron chi connectivity index (χ0n) is 13.9. The highest BCUT2D eigenvalue weighted by atomic mass is 16.3. The molecule has 0 radical (unpaired) electrons. The van der Waals surface area contributed by atoms with Gasteiger partial charge in [0.05, 0.1) is 5.56 Å². The van der Waals surface area contributed by atoms with Gasteiger partial charge < -0.3 is 15.3 Å². The topological polar surface area (TPSA) is 72.3 Å². The minimum Gasteiger partial charge on any atom is -0.507 e. The summed E-state index contributed by atoms with van der Waals surface area (Å²) in [6.07, 6.45) is 0.759. The van der Waals surface area contributed by atoms with Gasteiger partial charge in [0.1, 0.15) is 11.3 Å². The Balaban J connectivity index is 1.83. The zero-order chi connectivity index (χ0) is 17.4. The van der Waals surface area contributed by atoms with E-state index in [2.05, 4.69) is 17.1 Å². The number of aromatic nitrogens is 1. The Hall–Kier alpha value is -3.27. The van der Waals surface area contributed by atoms with Crippen LogP contribution in [0.3, 0.4) is 0 Å². The van der Waals surface area contributed by atoms with Crippen LogP contribution < -0.4 is 5.73 Å². The Labute approximate surface area is 145 Å². The van der Waals surface area contributed by atoms with E-state index in [0.717, 1.165) is 23.1 Å². The number of nitrogen functional groups attached to an aromatic ring is 1. The summed E-state index contributed by atoms with van der Waals surface area (Å²) in [5, 5.41) is 10.3. The first-order valence-corrected chi connectivity index (χ1v) is 8.13. The van der Waals surface area contributed by atoms with E-state index in [1.165, 1.54) is 5.56 Å². The van der Waals surface area contributed by atoms with Gasteiger partial charge in [-0.2, -0.15) is 0 Å². The highest BCUT2D eigenvalue weighted by molar-refractivity contribution is 5.81. The summed E-state index contributed by atoms with van der Waals surface area (Å²) in [6.45, 7) is 1.80. The van der Waals surface area contributed by atoms with E-state index < -0.39 is 0 Å². The summed E-state index contributed by atoms with van der Waals surface area (Å²) < 4.78 is 6.02. The third kappa shape index (κ3) is 2.83. The molecule has 0 saturated carbocycles. The molecule has 3 aromatic carbocycles. The quantitative estimate of drug-likeness (QED) is 0.422. The lowest BCUT2D eigenvalue weighted by Gasteiger charge is -2.05. The number of phenols is 1. The van der Waals surface area contributed by atoms with Crippen LogP contribution in [0.5, 0.6) is 5.75 Å². The number of hydrogen-bond acceptors (Lipinski definition) is 4. The number of phenolic OH excluding ortho intramolecular Hbond substituents is 1. The smallest absolute Gasteiger partial charge is 0.231 e. The molecule has 0 aliphatic carbocycles. The van der Waals surface area contributed by atoms with Crippen LogP contribution in [-0.4, -0.2) is 10.1 Å². The standard InChI is InChI=1S/C21H18N2O2/c1-13-10-16(22)12-17(19(13)24)21-23-18-9-5-8-15(20(18)25-21)11-14-6-3-2-4-7-14/h2-10,12,24H,11,22H2,1H3. The lowest BCUT2D eigenvalue weighted by molar-refractivity contribution is 0.470. The van der Waals surface area contributed by atoms with Crippen LogP contribution in [0.25, 0.3) is 22.6 Å². The summed E-state index contributed by atoms with van der Waals surface area (Å²) >= 11 is 0. The Morgan fingerprint density at radius 3 is 2.64 bits per heavy atom. The summed E-state index contributed by atoms with van der Waals surface area (Å²) in [6, 6.07) is 19.5. The summed E-state index contributed by atoms with van der Waals surface area (Å²) in [7, 11) is 0. The van der Waals surface area contributed by atoms with E-state index in [1.54, 1.807) is 19.1 Å². The monoisotopic (exact) mass is 330 g/mol. The third-order valence-electron chi connectivity index (χ3n) is 4.29. The predicted octanol–water partition coefficient (Wildman–Crippen LogP) is 4.68. The van der Waals surface area contributed by atoms with Crippen LogP contribution in [-0.2, 0) is 6.42 Å². The minimum absolute atomic E-state index is 0.144. The van der Waals surface area contributed by atoms with Crippen LogP contribution in [0.15, 0.2) is 65.1 Å². The van der Waals surface area contributed by atoms with Gasteiger partial charge in [0, 0.05) is 17.7 Å². The molecule has 4 nitrogen and oxygen atoms in total. The average molecular weight is 330 g/mol. The van der Waals surface area contributed by atoms with Crippen molar-refractivity contribution in [2.24, 2.45) is 0 Å². The predicted molar refractivity (Wildman–Crippen MR) is 99.5 cm³/mol. The fourth-order valence-corrected chi connectivity index (χ4v) is 3.05. The maximum absolute atomic E-state index is 10.3. The van der Waals surface area contributed by atoms with Crippen molar-refractivity contribution in [1.82, 2.24) is 4.98 Å². The molecule has 0 unspecified atom stereocenters. The zero-order valence-corrected chi connectivity index (χ0v) is 13.9. The normalized spacial score (nSPS) is 11.1. The molecule has 4 rings (SSSR count). The highest BCUT2D eigenvalue weighted by Crippen LogP contribution is 2.36.